The van der Waals surface area contributed by atoms with Crippen LogP contribution in [0, 0.1) is 11.3 Å². The number of hydrogen-bond acceptors (Lipinski definition) is 4. The maximum absolute atomic E-state index is 12.4. The lowest BCUT2D eigenvalue weighted by atomic mass is 10.1. The molecule has 0 radical (unpaired) electrons. The Bertz CT molecular complexity index is 1140. The third-order valence-corrected chi connectivity index (χ3v) is 5.13. The molecule has 0 bridgehead atoms. The van der Waals surface area contributed by atoms with Crippen LogP contribution >= 0.6 is 15.9 Å². The molecule has 0 heterocycles. The third kappa shape index (κ3) is 6.69. The number of nitrogens with zero attached hydrogens (tertiary/aromatic N) is 1. The summed E-state index contributed by atoms with van der Waals surface area (Å²) in [6.45, 7) is 1.12. The minimum absolute atomic E-state index is 0.152. The van der Waals surface area contributed by atoms with E-state index in [1.165, 1.54) is 0 Å². The van der Waals surface area contributed by atoms with Gasteiger partial charge in [0.05, 0.1) is 11.6 Å². The first-order valence-corrected chi connectivity index (χ1v) is 10.9. The number of hydrogen-bond donors (Lipinski definition) is 2. The maximum atomic E-state index is 12.4. The highest BCUT2D eigenvalue weighted by Crippen LogP contribution is 2.17. The lowest BCUT2D eigenvalue weighted by Crippen LogP contribution is -2.29. The molecule has 0 aliphatic carbocycles. The van der Waals surface area contributed by atoms with Gasteiger partial charge in [-0.05, 0) is 48.9 Å². The molecule has 0 aliphatic rings. The van der Waals surface area contributed by atoms with Crippen molar-refractivity contribution in [3.8, 4) is 11.8 Å². The van der Waals surface area contributed by atoms with Gasteiger partial charge in [0.1, 0.15) is 12.4 Å². The summed E-state index contributed by atoms with van der Waals surface area (Å²) in [6.07, 6.45) is 0.604. The van der Waals surface area contributed by atoms with Gasteiger partial charge >= 0.3 is 0 Å². The number of amides is 2. The molecule has 0 saturated carbocycles. The van der Waals surface area contributed by atoms with Crippen LogP contribution in [-0.2, 0) is 6.61 Å². The van der Waals surface area contributed by atoms with Crippen molar-refractivity contribution in [2.75, 3.05) is 13.1 Å². The van der Waals surface area contributed by atoms with E-state index < -0.39 is 0 Å². The fraction of sp³-hybridized carbons (Fsp3) is 0.160. The molecule has 0 saturated heterocycles. The topological polar surface area (TPSA) is 91.2 Å². The summed E-state index contributed by atoms with van der Waals surface area (Å²) in [5.41, 5.74) is 2.41. The molecule has 32 heavy (non-hydrogen) atoms. The van der Waals surface area contributed by atoms with Gasteiger partial charge in [-0.1, -0.05) is 46.3 Å². The number of carbonyl (C=O) groups excluding carboxylic acids is 2. The first-order chi connectivity index (χ1) is 15.6. The van der Waals surface area contributed by atoms with Crippen LogP contribution in [0.15, 0.2) is 77.3 Å². The lowest BCUT2D eigenvalue weighted by molar-refractivity contribution is 0.0951. The van der Waals surface area contributed by atoms with Gasteiger partial charge in [-0.15, -0.1) is 0 Å². The highest BCUT2D eigenvalue weighted by Gasteiger charge is 2.08. The highest BCUT2D eigenvalue weighted by molar-refractivity contribution is 9.10. The Kier molecular flexibility index (Phi) is 8.41. The van der Waals surface area contributed by atoms with Gasteiger partial charge < -0.3 is 15.4 Å². The van der Waals surface area contributed by atoms with Crippen molar-refractivity contribution in [1.29, 1.82) is 5.26 Å². The molecule has 3 aromatic carbocycles. The average Bonchev–Trinajstić information content (AvgIpc) is 2.82. The van der Waals surface area contributed by atoms with Crippen LogP contribution in [0.2, 0.25) is 0 Å². The summed E-state index contributed by atoms with van der Waals surface area (Å²) in [6, 6.07) is 23.4. The fourth-order valence-electron chi connectivity index (χ4n) is 2.97. The molecule has 0 unspecified atom stereocenters. The summed E-state index contributed by atoms with van der Waals surface area (Å²) >= 11 is 3.35. The van der Waals surface area contributed by atoms with Crippen molar-refractivity contribution in [2.45, 2.75) is 13.0 Å². The van der Waals surface area contributed by atoms with Crippen LogP contribution < -0.4 is 15.4 Å². The van der Waals surface area contributed by atoms with Gasteiger partial charge in [0.15, 0.2) is 0 Å². The van der Waals surface area contributed by atoms with E-state index in [2.05, 4.69) is 32.6 Å². The first-order valence-electron chi connectivity index (χ1n) is 10.1. The van der Waals surface area contributed by atoms with Gasteiger partial charge in [-0.25, -0.2) is 0 Å². The van der Waals surface area contributed by atoms with Gasteiger partial charge in [0.25, 0.3) is 11.8 Å². The zero-order valence-electron chi connectivity index (χ0n) is 17.3. The number of halogens is 1. The Morgan fingerprint density at radius 2 is 1.53 bits per heavy atom. The van der Waals surface area contributed by atoms with E-state index in [1.807, 2.05) is 18.2 Å². The Hall–Kier alpha value is -3.63. The minimum Gasteiger partial charge on any atom is -0.489 e. The molecule has 3 aromatic rings. The molecule has 6 nitrogen and oxygen atoms in total. The summed E-state index contributed by atoms with van der Waals surface area (Å²) < 4.78 is 6.61. The fourth-order valence-corrected chi connectivity index (χ4v) is 3.37. The molecule has 0 spiro atoms. The third-order valence-electron chi connectivity index (χ3n) is 4.64. The highest BCUT2D eigenvalue weighted by atomic mass is 79.9. The smallest absolute Gasteiger partial charge is 0.251 e. The molecule has 7 heteroatoms. The standard InChI is InChI=1S/C25H22BrN3O3/c26-22-10-3-8-18(14-22)24(30)28-12-5-13-29-25(31)19-9-4-11-23(15-19)32-17-21-7-2-1-6-20(21)16-27/h1-4,6-11,14-15H,5,12-13,17H2,(H,28,30)(H,29,31). The van der Waals surface area contributed by atoms with Crippen molar-refractivity contribution in [1.82, 2.24) is 10.6 Å². The molecule has 2 N–H and O–H groups in total. The van der Waals surface area contributed by atoms with Crippen LogP contribution in [0.25, 0.3) is 0 Å². The normalized spacial score (nSPS) is 10.1. The van der Waals surface area contributed by atoms with Crippen LogP contribution in [0.1, 0.15) is 38.3 Å². The predicted octanol–water partition coefficient (Wildman–Crippen LogP) is 4.45. The van der Waals surface area contributed by atoms with Crippen LogP contribution in [0.4, 0.5) is 0 Å². The molecule has 0 fully saturated rings. The molecule has 162 valence electrons. The van der Waals surface area contributed by atoms with Gasteiger partial charge in [-0.2, -0.15) is 5.26 Å². The Balaban J connectivity index is 1.43. The summed E-state index contributed by atoms with van der Waals surface area (Å²) in [4.78, 5) is 24.5. The molecule has 0 atom stereocenters. The number of nitriles is 1. The van der Waals surface area contributed by atoms with E-state index in [0.29, 0.717) is 42.0 Å². The largest absolute Gasteiger partial charge is 0.489 e. The molecule has 2 amide bonds. The van der Waals surface area contributed by atoms with E-state index in [9.17, 15) is 9.59 Å². The average molecular weight is 492 g/mol. The van der Waals surface area contributed by atoms with E-state index in [4.69, 9.17) is 10.00 Å². The van der Waals surface area contributed by atoms with Crippen LogP contribution in [0.5, 0.6) is 5.75 Å². The van der Waals surface area contributed by atoms with Crippen molar-refractivity contribution < 1.29 is 14.3 Å². The van der Waals surface area contributed by atoms with E-state index in [-0.39, 0.29) is 18.4 Å². The Morgan fingerprint density at radius 1 is 0.875 bits per heavy atom. The van der Waals surface area contributed by atoms with E-state index in [1.54, 1.807) is 54.6 Å². The lowest BCUT2D eigenvalue weighted by Gasteiger charge is -2.10. The second kappa shape index (κ2) is 11.7. The summed E-state index contributed by atoms with van der Waals surface area (Å²) in [7, 11) is 0. The minimum atomic E-state index is -0.216. The van der Waals surface area contributed by atoms with E-state index >= 15 is 0 Å². The Labute approximate surface area is 195 Å². The molecular weight excluding hydrogens is 470 g/mol. The Morgan fingerprint density at radius 3 is 2.22 bits per heavy atom. The summed E-state index contributed by atoms with van der Waals surface area (Å²) in [5, 5.41) is 14.8. The molecule has 0 aromatic heterocycles. The maximum Gasteiger partial charge on any atom is 0.251 e. The molecular formula is C25H22BrN3O3. The second-order valence-corrected chi connectivity index (χ2v) is 7.88. The van der Waals surface area contributed by atoms with Crippen molar-refractivity contribution in [3.05, 3.63) is 99.5 Å². The van der Waals surface area contributed by atoms with E-state index in [0.717, 1.165) is 10.0 Å². The van der Waals surface area contributed by atoms with Crippen molar-refractivity contribution >= 4 is 27.7 Å². The molecule has 3 rings (SSSR count). The number of rotatable bonds is 9. The SMILES string of the molecule is N#Cc1ccccc1COc1cccc(C(=O)NCCCNC(=O)c2cccc(Br)c2)c1. The quantitative estimate of drug-likeness (QED) is 0.432. The summed E-state index contributed by atoms with van der Waals surface area (Å²) in [5.74, 6) is 0.179. The van der Waals surface area contributed by atoms with Crippen molar-refractivity contribution in [3.63, 3.8) is 0 Å². The zero-order chi connectivity index (χ0) is 22.8. The number of carbonyl (C=O) groups is 2. The molecule has 0 aliphatic heterocycles. The van der Waals surface area contributed by atoms with Crippen LogP contribution in [0.3, 0.4) is 0 Å². The second-order valence-electron chi connectivity index (χ2n) is 6.96. The number of ether oxygens (including phenoxy) is 1. The number of nitrogens with one attached hydrogen (secondary N) is 2. The van der Waals surface area contributed by atoms with Crippen LogP contribution in [-0.4, -0.2) is 24.9 Å². The van der Waals surface area contributed by atoms with Gasteiger partial charge in [-0.3, -0.25) is 9.59 Å². The zero-order valence-corrected chi connectivity index (χ0v) is 18.9. The predicted molar refractivity (Wildman–Crippen MR) is 125 cm³/mol. The van der Waals surface area contributed by atoms with Gasteiger partial charge in [0, 0.05) is 34.3 Å². The monoisotopic (exact) mass is 491 g/mol. The van der Waals surface area contributed by atoms with Gasteiger partial charge in [0.2, 0.25) is 0 Å². The first kappa shape index (κ1) is 23.0. The number of benzene rings is 3. The van der Waals surface area contributed by atoms with Crippen molar-refractivity contribution in [2.24, 2.45) is 0 Å².